The maximum Gasteiger partial charge on any atom is 0.240 e. The summed E-state index contributed by atoms with van der Waals surface area (Å²) in [6.45, 7) is 2.31. The van der Waals surface area contributed by atoms with Gasteiger partial charge >= 0.3 is 0 Å². The van der Waals surface area contributed by atoms with Crippen LogP contribution in [0, 0.1) is 18.6 Å². The van der Waals surface area contributed by atoms with Crippen LogP contribution in [0.15, 0.2) is 28.5 Å². The zero-order valence-corrected chi connectivity index (χ0v) is 16.4. The van der Waals surface area contributed by atoms with Crippen molar-refractivity contribution in [3.63, 3.8) is 0 Å². The first kappa shape index (κ1) is 21.4. The van der Waals surface area contributed by atoms with Crippen molar-refractivity contribution in [2.75, 3.05) is 13.1 Å². The highest BCUT2D eigenvalue weighted by atomic mass is 32.2. The molecule has 0 aliphatic carbocycles. The minimum Gasteiger partial charge on any atom is -0.356 e. The van der Waals surface area contributed by atoms with Crippen LogP contribution in [0.5, 0.6) is 0 Å². The van der Waals surface area contributed by atoms with E-state index in [0.29, 0.717) is 12.6 Å². The number of unbranched alkanes of at least 4 members (excludes halogenated alkanes) is 1. The first-order valence-corrected chi connectivity index (χ1v) is 10.8. The molecule has 0 bridgehead atoms. The topological polar surface area (TPSA) is 88.2 Å². The smallest absolute Gasteiger partial charge is 0.240 e. The van der Waals surface area contributed by atoms with Crippen molar-refractivity contribution in [2.24, 2.45) is 0 Å². The van der Waals surface area contributed by atoms with Gasteiger partial charge in [-0.3, -0.25) is 4.79 Å². The Morgan fingerprint density at radius 2 is 1.96 bits per heavy atom. The highest BCUT2D eigenvalue weighted by Crippen LogP contribution is 2.13. The summed E-state index contributed by atoms with van der Waals surface area (Å²) in [4.78, 5) is 15.7. The minimum absolute atomic E-state index is 0.0470. The molecule has 0 spiro atoms. The van der Waals surface area contributed by atoms with Crippen LogP contribution in [0.1, 0.15) is 30.0 Å². The SMILES string of the molecule is Cc1csc(CCCCNC(=O)CCNS(=O)(=O)c2ccc(F)c(F)c2)n1. The number of carbonyl (C=O) groups excluding carboxylic acids is 1. The Hall–Kier alpha value is -1.91. The van der Waals surface area contributed by atoms with Crippen LogP contribution in [0.4, 0.5) is 8.78 Å². The molecule has 2 N–H and O–H groups in total. The highest BCUT2D eigenvalue weighted by Gasteiger charge is 2.16. The van der Waals surface area contributed by atoms with E-state index in [1.54, 1.807) is 11.3 Å². The molecule has 0 saturated carbocycles. The zero-order valence-electron chi connectivity index (χ0n) is 14.8. The lowest BCUT2D eigenvalue weighted by Crippen LogP contribution is -2.31. The number of sulfonamides is 1. The fourth-order valence-corrected chi connectivity index (χ4v) is 4.12. The van der Waals surface area contributed by atoms with Crippen molar-refractivity contribution in [3.8, 4) is 0 Å². The van der Waals surface area contributed by atoms with E-state index in [4.69, 9.17) is 0 Å². The second kappa shape index (κ2) is 9.86. The Morgan fingerprint density at radius 3 is 2.63 bits per heavy atom. The van der Waals surface area contributed by atoms with Crippen LogP contribution in [0.2, 0.25) is 0 Å². The van der Waals surface area contributed by atoms with Crippen molar-refractivity contribution >= 4 is 27.3 Å². The third kappa shape index (κ3) is 6.96. The Kier molecular flexibility index (Phi) is 7.81. The molecule has 1 amide bonds. The van der Waals surface area contributed by atoms with E-state index in [1.165, 1.54) is 0 Å². The molecule has 0 atom stereocenters. The monoisotopic (exact) mass is 417 g/mol. The Labute approximate surface area is 161 Å². The molecule has 2 rings (SSSR count). The normalized spacial score (nSPS) is 11.5. The largest absolute Gasteiger partial charge is 0.356 e. The predicted octanol–water partition coefficient (Wildman–Crippen LogP) is 2.54. The van der Waals surface area contributed by atoms with Gasteiger partial charge in [-0.15, -0.1) is 11.3 Å². The van der Waals surface area contributed by atoms with E-state index < -0.39 is 21.7 Å². The van der Waals surface area contributed by atoms with E-state index in [-0.39, 0.29) is 23.8 Å². The Bertz CT molecular complexity index is 885. The molecule has 1 aromatic carbocycles. The number of halogens is 2. The summed E-state index contributed by atoms with van der Waals surface area (Å²) < 4.78 is 52.2. The van der Waals surface area contributed by atoms with E-state index in [0.717, 1.165) is 42.1 Å². The Morgan fingerprint density at radius 1 is 1.19 bits per heavy atom. The molecular weight excluding hydrogens is 396 g/mol. The lowest BCUT2D eigenvalue weighted by molar-refractivity contribution is -0.120. The second-order valence-electron chi connectivity index (χ2n) is 5.91. The lowest BCUT2D eigenvalue weighted by Gasteiger charge is -2.08. The third-order valence-corrected chi connectivity index (χ3v) is 6.14. The van der Waals surface area contributed by atoms with Crippen molar-refractivity contribution in [1.29, 1.82) is 0 Å². The van der Waals surface area contributed by atoms with Gasteiger partial charge in [0.15, 0.2) is 11.6 Å². The van der Waals surface area contributed by atoms with Gasteiger partial charge < -0.3 is 5.32 Å². The van der Waals surface area contributed by atoms with Crippen LogP contribution >= 0.6 is 11.3 Å². The number of rotatable bonds is 10. The van der Waals surface area contributed by atoms with E-state index in [1.807, 2.05) is 12.3 Å². The molecule has 1 aromatic heterocycles. The van der Waals surface area contributed by atoms with Gasteiger partial charge in [-0.05, 0) is 44.4 Å². The molecule has 1 heterocycles. The van der Waals surface area contributed by atoms with Gasteiger partial charge in [0.1, 0.15) is 0 Å². The molecule has 10 heteroatoms. The minimum atomic E-state index is -4.00. The molecule has 148 valence electrons. The van der Waals surface area contributed by atoms with Crippen molar-refractivity contribution < 1.29 is 22.0 Å². The standard InChI is InChI=1S/C17H21F2N3O3S2/c1-12-11-26-17(22-12)4-2-3-8-20-16(23)7-9-21-27(24,25)13-5-6-14(18)15(19)10-13/h5-6,10-11,21H,2-4,7-9H2,1H3,(H,20,23). The van der Waals surface area contributed by atoms with Crippen molar-refractivity contribution in [2.45, 2.75) is 37.5 Å². The third-order valence-electron chi connectivity index (χ3n) is 3.65. The first-order chi connectivity index (χ1) is 12.8. The maximum absolute atomic E-state index is 13.1. The van der Waals surface area contributed by atoms with Crippen LogP contribution in [0.25, 0.3) is 0 Å². The molecule has 0 aliphatic heterocycles. The van der Waals surface area contributed by atoms with Gasteiger partial charge in [0.25, 0.3) is 0 Å². The number of hydrogen-bond donors (Lipinski definition) is 2. The lowest BCUT2D eigenvalue weighted by atomic mass is 10.2. The van der Waals surface area contributed by atoms with Crippen molar-refractivity contribution in [3.05, 3.63) is 45.9 Å². The van der Waals surface area contributed by atoms with Crippen LogP contribution in [-0.2, 0) is 21.2 Å². The summed E-state index contributed by atoms with van der Waals surface area (Å²) in [5.41, 5.74) is 1.01. The quantitative estimate of drug-likeness (QED) is 0.582. The van der Waals surface area contributed by atoms with Crippen LogP contribution in [0.3, 0.4) is 0 Å². The van der Waals surface area contributed by atoms with Gasteiger partial charge in [-0.1, -0.05) is 0 Å². The first-order valence-electron chi connectivity index (χ1n) is 8.40. The molecule has 0 radical (unpaired) electrons. The summed E-state index contributed by atoms with van der Waals surface area (Å²) in [6, 6.07) is 2.30. The number of benzene rings is 1. The van der Waals surface area contributed by atoms with Gasteiger partial charge in [0, 0.05) is 30.6 Å². The van der Waals surface area contributed by atoms with Crippen LogP contribution < -0.4 is 10.0 Å². The number of carbonyl (C=O) groups is 1. The summed E-state index contributed by atoms with van der Waals surface area (Å²) in [5.74, 6) is -2.66. The molecule has 6 nitrogen and oxygen atoms in total. The number of hydrogen-bond acceptors (Lipinski definition) is 5. The molecule has 2 aromatic rings. The molecule has 0 fully saturated rings. The second-order valence-corrected chi connectivity index (χ2v) is 8.62. The molecule has 0 saturated heterocycles. The van der Waals surface area contributed by atoms with Gasteiger partial charge in [0.2, 0.25) is 15.9 Å². The molecule has 0 unspecified atom stereocenters. The number of aryl methyl sites for hydroxylation is 2. The molecular formula is C17H21F2N3O3S2. The van der Waals surface area contributed by atoms with E-state index in [2.05, 4.69) is 15.0 Å². The molecule has 27 heavy (non-hydrogen) atoms. The average Bonchev–Trinajstić information content (AvgIpc) is 3.02. The number of nitrogens with one attached hydrogen (secondary N) is 2. The fraction of sp³-hybridized carbons (Fsp3) is 0.412. The summed E-state index contributed by atoms with van der Waals surface area (Å²) in [6.07, 6.45) is 2.51. The van der Waals surface area contributed by atoms with Crippen molar-refractivity contribution in [1.82, 2.24) is 15.0 Å². The zero-order chi connectivity index (χ0) is 19.9. The number of nitrogens with zero attached hydrogens (tertiary/aromatic N) is 1. The maximum atomic E-state index is 13.1. The summed E-state index contributed by atoms with van der Waals surface area (Å²) in [7, 11) is -4.00. The highest BCUT2D eigenvalue weighted by molar-refractivity contribution is 7.89. The fourth-order valence-electron chi connectivity index (χ4n) is 2.26. The summed E-state index contributed by atoms with van der Waals surface area (Å²) >= 11 is 1.62. The number of aromatic nitrogens is 1. The van der Waals surface area contributed by atoms with Gasteiger partial charge in [0.05, 0.1) is 9.90 Å². The van der Waals surface area contributed by atoms with Gasteiger partial charge in [-0.2, -0.15) is 0 Å². The summed E-state index contributed by atoms with van der Waals surface area (Å²) in [5, 5.41) is 5.79. The number of thiazole rings is 1. The van der Waals surface area contributed by atoms with Gasteiger partial charge in [-0.25, -0.2) is 26.9 Å². The molecule has 0 aliphatic rings. The van der Waals surface area contributed by atoms with E-state index >= 15 is 0 Å². The Balaban J connectivity index is 1.64. The predicted molar refractivity (Wildman–Crippen MR) is 99.0 cm³/mol. The average molecular weight is 418 g/mol. The van der Waals surface area contributed by atoms with E-state index in [9.17, 15) is 22.0 Å². The number of amides is 1. The van der Waals surface area contributed by atoms with Crippen LogP contribution in [-0.4, -0.2) is 32.4 Å².